The summed E-state index contributed by atoms with van der Waals surface area (Å²) in [5, 5.41) is 18.7. The Hall–Kier alpha value is -0.340. The van der Waals surface area contributed by atoms with Crippen molar-refractivity contribution in [2.45, 2.75) is 19.4 Å². The third-order valence-electron chi connectivity index (χ3n) is 3.46. The van der Waals surface area contributed by atoms with Gasteiger partial charge in [0.05, 0.1) is 6.10 Å². The number of fused-ring (bicyclic) bond motifs is 2. The van der Waals surface area contributed by atoms with Crippen LogP contribution in [0.1, 0.15) is 13.3 Å². The highest BCUT2D eigenvalue weighted by Gasteiger charge is 2.45. The van der Waals surface area contributed by atoms with Crippen LogP contribution in [0.4, 0.5) is 0 Å². The van der Waals surface area contributed by atoms with Crippen molar-refractivity contribution in [2.75, 3.05) is 6.61 Å². The fourth-order valence-electron chi connectivity index (χ4n) is 2.94. The van der Waals surface area contributed by atoms with Crippen LogP contribution in [0.2, 0.25) is 0 Å². The van der Waals surface area contributed by atoms with Gasteiger partial charge in [0.1, 0.15) is 0 Å². The van der Waals surface area contributed by atoms with Crippen molar-refractivity contribution in [3.63, 3.8) is 0 Å². The Balaban J connectivity index is 2.17. The molecule has 0 aromatic heterocycles. The molecule has 0 saturated heterocycles. The Morgan fingerprint density at radius 3 is 2.58 bits per heavy atom. The number of hydrogen-bond acceptors (Lipinski definition) is 2. The highest BCUT2D eigenvalue weighted by Crippen LogP contribution is 2.48. The molecule has 2 aliphatic rings. The molecule has 12 heavy (non-hydrogen) atoms. The monoisotopic (exact) mass is 168 g/mol. The number of hydrogen-bond donors (Lipinski definition) is 2. The standard InChI is InChI=1S/C10H16O2/c1-6(12)10-8-3-2-7(4-8)9(10)5-11/h2-3,6-12H,4-5H2,1H3. The van der Waals surface area contributed by atoms with Crippen LogP contribution < -0.4 is 0 Å². The molecule has 0 amide bonds. The summed E-state index contributed by atoms with van der Waals surface area (Å²) in [5.74, 6) is 1.65. The summed E-state index contributed by atoms with van der Waals surface area (Å²) in [4.78, 5) is 0. The zero-order chi connectivity index (χ0) is 8.72. The van der Waals surface area contributed by atoms with Crippen molar-refractivity contribution in [3.8, 4) is 0 Å². The maximum atomic E-state index is 9.53. The molecule has 68 valence electrons. The van der Waals surface area contributed by atoms with Gasteiger partial charge in [-0.25, -0.2) is 0 Å². The van der Waals surface area contributed by atoms with Gasteiger partial charge in [0.2, 0.25) is 0 Å². The molecule has 0 aromatic rings. The number of allylic oxidation sites excluding steroid dienone is 2. The summed E-state index contributed by atoms with van der Waals surface area (Å²) in [7, 11) is 0. The minimum atomic E-state index is -0.276. The van der Waals surface area contributed by atoms with E-state index in [1.54, 1.807) is 0 Å². The molecule has 2 rings (SSSR count). The highest BCUT2D eigenvalue weighted by atomic mass is 16.3. The summed E-state index contributed by atoms with van der Waals surface area (Å²) in [5.41, 5.74) is 0. The molecule has 0 heterocycles. The number of rotatable bonds is 2. The van der Waals surface area contributed by atoms with Crippen molar-refractivity contribution in [3.05, 3.63) is 12.2 Å². The second kappa shape index (κ2) is 2.86. The third kappa shape index (κ3) is 1.02. The first kappa shape index (κ1) is 8.27. The van der Waals surface area contributed by atoms with E-state index in [1.165, 1.54) is 0 Å². The van der Waals surface area contributed by atoms with Gasteiger partial charge >= 0.3 is 0 Å². The van der Waals surface area contributed by atoms with Crippen molar-refractivity contribution in [1.29, 1.82) is 0 Å². The average molecular weight is 168 g/mol. The average Bonchev–Trinajstić information content (AvgIpc) is 2.60. The van der Waals surface area contributed by atoms with Crippen LogP contribution in [0.15, 0.2) is 12.2 Å². The zero-order valence-corrected chi connectivity index (χ0v) is 7.35. The predicted molar refractivity (Wildman–Crippen MR) is 46.5 cm³/mol. The van der Waals surface area contributed by atoms with E-state index in [0.29, 0.717) is 23.7 Å². The van der Waals surface area contributed by atoms with E-state index < -0.39 is 0 Å². The Bertz CT molecular complexity index is 198. The van der Waals surface area contributed by atoms with Crippen LogP contribution in [-0.2, 0) is 0 Å². The van der Waals surface area contributed by atoms with Gasteiger partial charge in [-0.3, -0.25) is 0 Å². The Kier molecular flexibility index (Phi) is 1.97. The molecule has 2 nitrogen and oxygen atoms in total. The Morgan fingerprint density at radius 2 is 2.08 bits per heavy atom. The van der Waals surface area contributed by atoms with E-state index in [2.05, 4.69) is 12.2 Å². The second-order valence-electron chi connectivity index (χ2n) is 4.11. The quantitative estimate of drug-likeness (QED) is 0.599. The summed E-state index contributed by atoms with van der Waals surface area (Å²) < 4.78 is 0. The van der Waals surface area contributed by atoms with Crippen molar-refractivity contribution < 1.29 is 10.2 Å². The van der Waals surface area contributed by atoms with Crippen LogP contribution in [0.3, 0.4) is 0 Å². The molecule has 5 atom stereocenters. The Labute approximate surface area is 72.9 Å². The summed E-state index contributed by atoms with van der Waals surface area (Å²) in [6.07, 6.45) is 5.27. The minimum absolute atomic E-state index is 0.223. The lowest BCUT2D eigenvalue weighted by Crippen LogP contribution is -2.31. The van der Waals surface area contributed by atoms with Crippen molar-refractivity contribution >= 4 is 0 Å². The first-order chi connectivity index (χ1) is 5.74. The molecule has 0 aromatic carbocycles. The molecular weight excluding hydrogens is 152 g/mol. The number of aliphatic hydroxyl groups excluding tert-OH is 2. The maximum absolute atomic E-state index is 9.53. The van der Waals surface area contributed by atoms with Gasteiger partial charge < -0.3 is 10.2 Å². The molecule has 2 heteroatoms. The summed E-state index contributed by atoms with van der Waals surface area (Å²) in [6.45, 7) is 2.06. The first-order valence-electron chi connectivity index (χ1n) is 4.71. The topological polar surface area (TPSA) is 40.5 Å². The van der Waals surface area contributed by atoms with Gasteiger partial charge in [-0.05, 0) is 37.0 Å². The summed E-state index contributed by atoms with van der Waals surface area (Å²) in [6, 6.07) is 0. The van der Waals surface area contributed by atoms with E-state index in [1.807, 2.05) is 6.92 Å². The van der Waals surface area contributed by atoms with E-state index in [4.69, 9.17) is 5.11 Å². The number of aliphatic hydroxyl groups is 2. The van der Waals surface area contributed by atoms with Crippen molar-refractivity contribution in [1.82, 2.24) is 0 Å². The molecule has 2 aliphatic carbocycles. The molecule has 1 fully saturated rings. The third-order valence-corrected chi connectivity index (χ3v) is 3.46. The smallest absolute Gasteiger partial charge is 0.0549 e. The molecule has 2 bridgehead atoms. The van der Waals surface area contributed by atoms with Crippen LogP contribution in [-0.4, -0.2) is 22.9 Å². The maximum Gasteiger partial charge on any atom is 0.0549 e. The van der Waals surface area contributed by atoms with E-state index in [0.717, 1.165) is 6.42 Å². The SMILES string of the molecule is CC(O)C1C2C=CC(C2)C1CO. The van der Waals surface area contributed by atoms with Crippen LogP contribution in [0.5, 0.6) is 0 Å². The molecule has 5 unspecified atom stereocenters. The summed E-state index contributed by atoms with van der Waals surface area (Å²) >= 11 is 0. The highest BCUT2D eigenvalue weighted by molar-refractivity contribution is 5.14. The second-order valence-corrected chi connectivity index (χ2v) is 4.11. The predicted octanol–water partition coefficient (Wildman–Crippen LogP) is 0.798. The van der Waals surface area contributed by atoms with Crippen LogP contribution >= 0.6 is 0 Å². The largest absolute Gasteiger partial charge is 0.396 e. The molecule has 0 spiro atoms. The normalized spacial score (nSPS) is 46.9. The molecular formula is C10H16O2. The van der Waals surface area contributed by atoms with E-state index in [-0.39, 0.29) is 12.7 Å². The van der Waals surface area contributed by atoms with Gasteiger partial charge in [-0.2, -0.15) is 0 Å². The molecule has 0 radical (unpaired) electrons. The van der Waals surface area contributed by atoms with Gasteiger partial charge in [-0.1, -0.05) is 12.2 Å². The van der Waals surface area contributed by atoms with Crippen molar-refractivity contribution in [2.24, 2.45) is 23.7 Å². The zero-order valence-electron chi connectivity index (χ0n) is 7.35. The Morgan fingerprint density at radius 1 is 1.42 bits per heavy atom. The first-order valence-corrected chi connectivity index (χ1v) is 4.71. The molecule has 0 aliphatic heterocycles. The fraction of sp³-hybridized carbons (Fsp3) is 0.800. The van der Waals surface area contributed by atoms with Crippen LogP contribution in [0.25, 0.3) is 0 Å². The van der Waals surface area contributed by atoms with Gasteiger partial charge in [0.15, 0.2) is 0 Å². The van der Waals surface area contributed by atoms with E-state index in [9.17, 15) is 5.11 Å². The van der Waals surface area contributed by atoms with Gasteiger partial charge in [0, 0.05) is 6.61 Å². The van der Waals surface area contributed by atoms with Gasteiger partial charge in [0.25, 0.3) is 0 Å². The van der Waals surface area contributed by atoms with E-state index >= 15 is 0 Å². The molecule has 1 saturated carbocycles. The lowest BCUT2D eigenvalue weighted by Gasteiger charge is -2.28. The lowest BCUT2D eigenvalue weighted by molar-refractivity contribution is 0.0537. The van der Waals surface area contributed by atoms with Gasteiger partial charge in [-0.15, -0.1) is 0 Å². The van der Waals surface area contributed by atoms with Crippen LogP contribution in [0, 0.1) is 23.7 Å². The lowest BCUT2D eigenvalue weighted by atomic mass is 9.80. The fourth-order valence-corrected chi connectivity index (χ4v) is 2.94. The molecule has 2 N–H and O–H groups in total. The minimum Gasteiger partial charge on any atom is -0.396 e.